The molecule has 0 fully saturated rings. The van der Waals surface area contributed by atoms with E-state index >= 15 is 0 Å². The molecule has 0 radical (unpaired) electrons. The fraction of sp³-hybridized carbons (Fsp3) is 0.529. The largest absolute Gasteiger partial charge is 0.460 e. The molecule has 3 nitrogen and oxygen atoms in total. The maximum Gasteiger partial charge on any atom is 0.306 e. The minimum absolute atomic E-state index is 0.0346. The lowest BCUT2D eigenvalue weighted by Crippen LogP contribution is -2.23. The van der Waals surface area contributed by atoms with Gasteiger partial charge in [0.1, 0.15) is 5.60 Å². The minimum atomic E-state index is -0.477. The first kappa shape index (κ1) is 17.7. The van der Waals surface area contributed by atoms with Gasteiger partial charge < -0.3 is 4.74 Å². The average Bonchev–Trinajstić information content (AvgIpc) is 2.36. The van der Waals surface area contributed by atoms with Gasteiger partial charge in [-0.15, -0.1) is 11.6 Å². The van der Waals surface area contributed by atoms with Gasteiger partial charge in [-0.1, -0.05) is 24.3 Å². The van der Waals surface area contributed by atoms with E-state index in [4.69, 9.17) is 16.3 Å². The molecule has 0 aliphatic carbocycles. The van der Waals surface area contributed by atoms with Crippen molar-refractivity contribution in [2.45, 2.75) is 57.9 Å². The molecule has 1 unspecified atom stereocenters. The van der Waals surface area contributed by atoms with Gasteiger partial charge in [-0.2, -0.15) is 0 Å². The molecule has 0 heterocycles. The van der Waals surface area contributed by atoms with Gasteiger partial charge >= 0.3 is 5.97 Å². The molecule has 0 aliphatic heterocycles. The molecule has 1 rings (SSSR count). The van der Waals surface area contributed by atoms with E-state index < -0.39 is 5.60 Å². The van der Waals surface area contributed by atoms with E-state index in [1.807, 2.05) is 39.8 Å². The lowest BCUT2D eigenvalue weighted by Gasteiger charge is -2.19. The van der Waals surface area contributed by atoms with Crippen molar-refractivity contribution in [1.82, 2.24) is 0 Å². The fourth-order valence-electron chi connectivity index (χ4n) is 1.86. The van der Waals surface area contributed by atoms with Gasteiger partial charge in [0.2, 0.25) is 0 Å². The van der Waals surface area contributed by atoms with Crippen LogP contribution in [0.4, 0.5) is 0 Å². The zero-order valence-electron chi connectivity index (χ0n) is 13.1. The molecule has 0 saturated carbocycles. The predicted octanol–water partition coefficient (Wildman–Crippen LogP) is 4.68. The van der Waals surface area contributed by atoms with Crippen molar-refractivity contribution in [3.8, 4) is 0 Å². The van der Waals surface area contributed by atoms with E-state index in [2.05, 4.69) is 0 Å². The Morgan fingerprint density at radius 1 is 1.14 bits per heavy atom. The van der Waals surface area contributed by atoms with Crippen molar-refractivity contribution in [2.24, 2.45) is 0 Å². The molecule has 0 N–H and O–H groups in total. The quantitative estimate of drug-likeness (QED) is 0.435. The average molecular weight is 311 g/mol. The number of halogens is 1. The Labute approximate surface area is 131 Å². The second-order valence-corrected chi connectivity index (χ2v) is 6.76. The summed E-state index contributed by atoms with van der Waals surface area (Å²) in [5.74, 6) is -0.228. The Bertz CT molecular complexity index is 484. The second-order valence-electron chi connectivity index (χ2n) is 6.10. The van der Waals surface area contributed by atoms with E-state index in [1.54, 1.807) is 12.1 Å². The monoisotopic (exact) mass is 310 g/mol. The molecule has 1 aromatic carbocycles. The number of hydrogen-bond donors (Lipinski definition) is 0. The lowest BCUT2D eigenvalue weighted by molar-refractivity contribution is -0.154. The van der Waals surface area contributed by atoms with Crippen molar-refractivity contribution in [3.05, 3.63) is 35.4 Å². The zero-order valence-corrected chi connectivity index (χ0v) is 13.9. The molecule has 0 spiro atoms. The number of hydrogen-bond acceptors (Lipinski definition) is 3. The smallest absolute Gasteiger partial charge is 0.306 e. The summed E-state index contributed by atoms with van der Waals surface area (Å²) < 4.78 is 5.20. The van der Waals surface area contributed by atoms with Gasteiger partial charge in [0.15, 0.2) is 5.78 Å². The van der Waals surface area contributed by atoms with Crippen LogP contribution in [0.5, 0.6) is 0 Å². The first-order valence-corrected chi connectivity index (χ1v) is 7.62. The Morgan fingerprint density at radius 3 is 2.19 bits per heavy atom. The summed E-state index contributed by atoms with van der Waals surface area (Å²) in [6, 6.07) is 7.28. The molecule has 0 bridgehead atoms. The van der Waals surface area contributed by atoms with Gasteiger partial charge in [0.05, 0.1) is 5.38 Å². The van der Waals surface area contributed by atoms with Crippen molar-refractivity contribution in [1.29, 1.82) is 0 Å². The zero-order chi connectivity index (χ0) is 16.0. The number of ether oxygens (including phenoxy) is 1. The number of Topliss-reactive ketones (excluding diaryl/α,β-unsaturated/α-hetero) is 1. The molecule has 1 atom stereocenters. The topological polar surface area (TPSA) is 43.4 Å². The molecular weight excluding hydrogens is 288 g/mol. The highest BCUT2D eigenvalue weighted by atomic mass is 35.5. The molecule has 0 amide bonds. The van der Waals surface area contributed by atoms with Crippen LogP contribution in [0.3, 0.4) is 0 Å². The summed E-state index contributed by atoms with van der Waals surface area (Å²) in [4.78, 5) is 23.6. The van der Waals surface area contributed by atoms with Crippen LogP contribution in [0.15, 0.2) is 24.3 Å². The maximum atomic E-state index is 12.0. The van der Waals surface area contributed by atoms with E-state index in [9.17, 15) is 9.59 Å². The summed E-state index contributed by atoms with van der Waals surface area (Å²) in [6.45, 7) is 7.37. The van der Waals surface area contributed by atoms with Crippen molar-refractivity contribution >= 4 is 23.4 Å². The molecule has 0 aliphatic rings. The Morgan fingerprint density at radius 2 is 1.71 bits per heavy atom. The summed E-state index contributed by atoms with van der Waals surface area (Å²) in [6.07, 6.45) is 1.11. The summed E-state index contributed by atoms with van der Waals surface area (Å²) in [5, 5.41) is -0.0682. The predicted molar refractivity (Wildman–Crippen MR) is 84.7 cm³/mol. The van der Waals surface area contributed by atoms with Crippen LogP contribution < -0.4 is 0 Å². The summed E-state index contributed by atoms with van der Waals surface area (Å²) in [7, 11) is 0. The Hall–Kier alpha value is -1.35. The number of ketones is 1. The second kappa shape index (κ2) is 7.60. The van der Waals surface area contributed by atoms with Gasteiger partial charge in [-0.25, -0.2) is 0 Å². The third-order valence-corrected chi connectivity index (χ3v) is 3.15. The Balaban J connectivity index is 2.42. The van der Waals surface area contributed by atoms with E-state index in [0.717, 1.165) is 5.56 Å². The van der Waals surface area contributed by atoms with Gasteiger partial charge in [-0.05, 0) is 39.7 Å². The molecular formula is C17H23ClO3. The summed E-state index contributed by atoms with van der Waals surface area (Å²) in [5.41, 5.74) is 1.16. The van der Waals surface area contributed by atoms with Gasteiger partial charge in [0.25, 0.3) is 0 Å². The van der Waals surface area contributed by atoms with Crippen LogP contribution in [-0.4, -0.2) is 17.4 Å². The molecule has 21 heavy (non-hydrogen) atoms. The summed E-state index contributed by atoms with van der Waals surface area (Å²) >= 11 is 5.97. The van der Waals surface area contributed by atoms with Crippen LogP contribution in [0.2, 0.25) is 0 Å². The van der Waals surface area contributed by atoms with Crippen molar-refractivity contribution < 1.29 is 14.3 Å². The van der Waals surface area contributed by atoms with E-state index in [0.29, 0.717) is 18.4 Å². The SMILES string of the molecule is CC(Cl)c1ccc(C(=O)CCCC(=O)OC(C)(C)C)cc1. The lowest BCUT2D eigenvalue weighted by atomic mass is 10.0. The Kier molecular flexibility index (Phi) is 6.41. The maximum absolute atomic E-state index is 12.0. The molecule has 116 valence electrons. The third-order valence-electron chi connectivity index (χ3n) is 2.90. The number of esters is 1. The number of benzene rings is 1. The molecule has 0 saturated heterocycles. The fourth-order valence-corrected chi connectivity index (χ4v) is 2.01. The normalized spacial score (nSPS) is 12.8. The number of carbonyl (C=O) groups excluding carboxylic acids is 2. The van der Waals surface area contributed by atoms with E-state index in [-0.39, 0.29) is 23.6 Å². The first-order valence-electron chi connectivity index (χ1n) is 7.18. The number of rotatable bonds is 6. The molecule has 4 heteroatoms. The third kappa shape index (κ3) is 6.76. The van der Waals surface area contributed by atoms with E-state index in [1.165, 1.54) is 0 Å². The van der Waals surface area contributed by atoms with Gasteiger partial charge in [-0.3, -0.25) is 9.59 Å². The van der Waals surface area contributed by atoms with Crippen molar-refractivity contribution in [2.75, 3.05) is 0 Å². The number of alkyl halides is 1. The first-order chi connectivity index (χ1) is 9.69. The standard InChI is InChI=1S/C17H23ClO3/c1-12(18)13-8-10-14(11-9-13)15(19)6-5-7-16(20)21-17(2,3)4/h8-12H,5-7H2,1-4H3. The van der Waals surface area contributed by atoms with Crippen molar-refractivity contribution in [3.63, 3.8) is 0 Å². The molecule has 0 aromatic heterocycles. The van der Waals surface area contributed by atoms with Crippen LogP contribution in [0, 0.1) is 0 Å². The highest BCUT2D eigenvalue weighted by Gasteiger charge is 2.16. The van der Waals surface area contributed by atoms with Crippen LogP contribution in [0.25, 0.3) is 0 Å². The van der Waals surface area contributed by atoms with Crippen LogP contribution in [-0.2, 0) is 9.53 Å². The molecule has 1 aromatic rings. The minimum Gasteiger partial charge on any atom is -0.460 e. The van der Waals surface area contributed by atoms with Crippen LogP contribution >= 0.6 is 11.6 Å². The highest BCUT2D eigenvalue weighted by Crippen LogP contribution is 2.20. The van der Waals surface area contributed by atoms with Gasteiger partial charge in [0, 0.05) is 18.4 Å². The highest BCUT2D eigenvalue weighted by molar-refractivity contribution is 6.20. The number of carbonyl (C=O) groups is 2. The van der Waals surface area contributed by atoms with Crippen LogP contribution in [0.1, 0.15) is 68.3 Å².